The number of nitrogens with one attached hydrogen (secondary N) is 1. The molecule has 1 N–H and O–H groups in total. The Bertz CT molecular complexity index is 283. The lowest BCUT2D eigenvalue weighted by Gasteiger charge is -2.11. The Balaban J connectivity index is 2.63. The molecule has 1 heterocycles. The van der Waals surface area contributed by atoms with Crippen molar-refractivity contribution in [2.75, 3.05) is 13.7 Å². The van der Waals surface area contributed by atoms with Crippen LogP contribution >= 0.6 is 11.3 Å². The van der Waals surface area contributed by atoms with Crippen molar-refractivity contribution in [1.29, 1.82) is 0 Å². The van der Waals surface area contributed by atoms with Crippen molar-refractivity contribution >= 4 is 11.3 Å². The van der Waals surface area contributed by atoms with E-state index in [2.05, 4.69) is 24.9 Å². The van der Waals surface area contributed by atoms with E-state index in [1.807, 2.05) is 11.5 Å². The van der Waals surface area contributed by atoms with Crippen LogP contribution in [0.25, 0.3) is 0 Å². The molecule has 0 amide bonds. The first-order chi connectivity index (χ1) is 6.81. The van der Waals surface area contributed by atoms with Gasteiger partial charge in [0.2, 0.25) is 0 Å². The molecule has 14 heavy (non-hydrogen) atoms. The number of methoxy groups -OCH3 is 1. The van der Waals surface area contributed by atoms with Gasteiger partial charge in [-0.1, -0.05) is 13.0 Å². The molecule has 2 nitrogen and oxygen atoms in total. The Kier molecular flexibility index (Phi) is 4.70. The highest BCUT2D eigenvalue weighted by molar-refractivity contribution is 7.10. The second-order valence-corrected chi connectivity index (χ2v) is 4.00. The predicted molar refractivity (Wildman–Crippen MR) is 62.1 cm³/mol. The first-order valence-electron chi connectivity index (χ1n) is 4.80. The van der Waals surface area contributed by atoms with E-state index in [9.17, 15) is 0 Å². The van der Waals surface area contributed by atoms with Crippen LogP contribution in [0.15, 0.2) is 24.1 Å². The van der Waals surface area contributed by atoms with E-state index in [1.54, 1.807) is 18.4 Å². The van der Waals surface area contributed by atoms with Gasteiger partial charge in [-0.3, -0.25) is 0 Å². The van der Waals surface area contributed by atoms with E-state index in [4.69, 9.17) is 4.74 Å². The van der Waals surface area contributed by atoms with E-state index in [0.717, 1.165) is 18.7 Å². The summed E-state index contributed by atoms with van der Waals surface area (Å²) in [6, 6.07) is 2.31. The molecule has 1 atom stereocenters. The van der Waals surface area contributed by atoms with E-state index in [-0.39, 0.29) is 6.04 Å². The Morgan fingerprint density at radius 3 is 3.00 bits per heavy atom. The molecule has 0 saturated heterocycles. The van der Waals surface area contributed by atoms with Crippen molar-refractivity contribution in [2.24, 2.45) is 0 Å². The summed E-state index contributed by atoms with van der Waals surface area (Å²) in [5, 5.41) is 5.42. The van der Waals surface area contributed by atoms with Gasteiger partial charge in [-0.05, 0) is 19.0 Å². The zero-order chi connectivity index (χ0) is 10.4. The summed E-state index contributed by atoms with van der Waals surface area (Å²) in [5.74, 6) is 0.926. The monoisotopic (exact) mass is 211 g/mol. The van der Waals surface area contributed by atoms with Crippen molar-refractivity contribution in [3.63, 3.8) is 0 Å². The van der Waals surface area contributed by atoms with Crippen LogP contribution in [0.4, 0.5) is 0 Å². The van der Waals surface area contributed by atoms with Gasteiger partial charge in [0, 0.05) is 10.3 Å². The lowest BCUT2D eigenvalue weighted by Crippen LogP contribution is -2.19. The van der Waals surface area contributed by atoms with Gasteiger partial charge in [0.15, 0.2) is 0 Å². The summed E-state index contributed by atoms with van der Waals surface area (Å²) in [6.45, 7) is 6.99. The predicted octanol–water partition coefficient (Wildman–Crippen LogP) is 2.98. The van der Waals surface area contributed by atoms with Gasteiger partial charge >= 0.3 is 0 Å². The SMILES string of the molecule is C=CC(NCCC)c1cc(OC)cs1. The van der Waals surface area contributed by atoms with Crippen LogP contribution in [0.2, 0.25) is 0 Å². The normalized spacial score (nSPS) is 12.4. The van der Waals surface area contributed by atoms with Gasteiger partial charge in [-0.15, -0.1) is 17.9 Å². The molecule has 0 fully saturated rings. The molecule has 0 aliphatic carbocycles. The molecule has 0 aromatic carbocycles. The lowest BCUT2D eigenvalue weighted by atomic mass is 10.2. The highest BCUT2D eigenvalue weighted by Crippen LogP contribution is 2.27. The minimum Gasteiger partial charge on any atom is -0.496 e. The van der Waals surface area contributed by atoms with Crippen molar-refractivity contribution in [3.8, 4) is 5.75 Å². The van der Waals surface area contributed by atoms with E-state index in [1.165, 1.54) is 4.88 Å². The molecule has 0 radical (unpaired) electrons. The zero-order valence-electron chi connectivity index (χ0n) is 8.75. The summed E-state index contributed by atoms with van der Waals surface area (Å²) >= 11 is 1.70. The van der Waals surface area contributed by atoms with Gasteiger partial charge in [0.05, 0.1) is 13.2 Å². The van der Waals surface area contributed by atoms with Crippen LogP contribution in [0.1, 0.15) is 24.3 Å². The van der Waals surface area contributed by atoms with Gasteiger partial charge < -0.3 is 10.1 Å². The second kappa shape index (κ2) is 5.83. The molecule has 0 aliphatic heterocycles. The molecule has 0 aliphatic rings. The van der Waals surface area contributed by atoms with Crippen molar-refractivity contribution in [1.82, 2.24) is 5.32 Å². The van der Waals surface area contributed by atoms with Gasteiger partial charge in [0.1, 0.15) is 5.75 Å². The fourth-order valence-electron chi connectivity index (χ4n) is 1.20. The average molecular weight is 211 g/mol. The highest BCUT2D eigenvalue weighted by atomic mass is 32.1. The molecule has 78 valence electrons. The third-order valence-corrected chi connectivity index (χ3v) is 2.98. The fourth-order valence-corrected chi connectivity index (χ4v) is 2.13. The molecule has 0 spiro atoms. The van der Waals surface area contributed by atoms with Crippen molar-refractivity contribution in [2.45, 2.75) is 19.4 Å². The quantitative estimate of drug-likeness (QED) is 0.730. The summed E-state index contributed by atoms with van der Waals surface area (Å²) < 4.78 is 5.14. The van der Waals surface area contributed by atoms with Gasteiger partial charge in [-0.25, -0.2) is 0 Å². The minimum atomic E-state index is 0.254. The maximum atomic E-state index is 5.14. The third kappa shape index (κ3) is 2.86. The maximum Gasteiger partial charge on any atom is 0.129 e. The molecule has 1 aromatic heterocycles. The van der Waals surface area contributed by atoms with Crippen LogP contribution in [0.3, 0.4) is 0 Å². The molecule has 3 heteroatoms. The van der Waals surface area contributed by atoms with Crippen LogP contribution in [0.5, 0.6) is 5.75 Å². The highest BCUT2D eigenvalue weighted by Gasteiger charge is 2.09. The zero-order valence-corrected chi connectivity index (χ0v) is 9.56. The molecule has 1 aromatic rings. The Hall–Kier alpha value is -0.800. The molecule has 1 rings (SSSR count). The Labute approximate surface area is 89.6 Å². The summed E-state index contributed by atoms with van der Waals surface area (Å²) in [7, 11) is 1.69. The second-order valence-electron chi connectivity index (χ2n) is 3.06. The number of hydrogen-bond donors (Lipinski definition) is 1. The van der Waals surface area contributed by atoms with Crippen LogP contribution < -0.4 is 10.1 Å². The molecular weight excluding hydrogens is 194 g/mol. The molecule has 1 unspecified atom stereocenters. The first kappa shape index (κ1) is 11.3. The average Bonchev–Trinajstić information content (AvgIpc) is 2.68. The minimum absolute atomic E-state index is 0.254. The van der Waals surface area contributed by atoms with Crippen LogP contribution in [0, 0.1) is 0 Å². The molecule has 0 bridgehead atoms. The fraction of sp³-hybridized carbons (Fsp3) is 0.455. The molecule has 0 saturated carbocycles. The lowest BCUT2D eigenvalue weighted by molar-refractivity contribution is 0.416. The largest absolute Gasteiger partial charge is 0.496 e. The smallest absolute Gasteiger partial charge is 0.129 e. The maximum absolute atomic E-state index is 5.14. The standard InChI is InChI=1S/C11H17NOS/c1-4-6-12-10(5-2)11-7-9(13-3)8-14-11/h5,7-8,10,12H,2,4,6H2,1,3H3. The number of hydrogen-bond acceptors (Lipinski definition) is 3. The summed E-state index contributed by atoms with van der Waals surface area (Å²) in [4.78, 5) is 1.25. The Morgan fingerprint density at radius 1 is 1.71 bits per heavy atom. The van der Waals surface area contributed by atoms with Crippen LogP contribution in [-0.2, 0) is 0 Å². The van der Waals surface area contributed by atoms with E-state index in [0.29, 0.717) is 0 Å². The van der Waals surface area contributed by atoms with Crippen molar-refractivity contribution in [3.05, 3.63) is 29.0 Å². The number of rotatable bonds is 6. The van der Waals surface area contributed by atoms with E-state index >= 15 is 0 Å². The van der Waals surface area contributed by atoms with Crippen molar-refractivity contribution < 1.29 is 4.74 Å². The molecular formula is C11H17NOS. The van der Waals surface area contributed by atoms with Crippen LogP contribution in [-0.4, -0.2) is 13.7 Å². The summed E-state index contributed by atoms with van der Waals surface area (Å²) in [6.07, 6.45) is 3.06. The topological polar surface area (TPSA) is 21.3 Å². The van der Waals surface area contributed by atoms with Gasteiger partial charge in [-0.2, -0.15) is 0 Å². The third-order valence-electron chi connectivity index (χ3n) is 1.99. The summed E-state index contributed by atoms with van der Waals surface area (Å²) in [5.41, 5.74) is 0. The Morgan fingerprint density at radius 2 is 2.50 bits per heavy atom. The number of thiophene rings is 1. The first-order valence-corrected chi connectivity index (χ1v) is 5.68. The van der Waals surface area contributed by atoms with Gasteiger partial charge in [0.25, 0.3) is 0 Å². The number of ether oxygens (including phenoxy) is 1. The van der Waals surface area contributed by atoms with E-state index < -0.39 is 0 Å².